The van der Waals surface area contributed by atoms with E-state index < -0.39 is 28.5 Å². The Morgan fingerprint density at radius 3 is 2.21 bits per heavy atom. The van der Waals surface area contributed by atoms with Crippen molar-refractivity contribution in [2.75, 3.05) is 31.6 Å². The first-order valence-corrected chi connectivity index (χ1v) is 15.6. The minimum absolute atomic E-state index is 0.00888. The van der Waals surface area contributed by atoms with Gasteiger partial charge in [0.05, 0.1) is 24.8 Å². The second-order valence-corrected chi connectivity index (χ2v) is 11.8. The molecule has 1 N–H and O–H groups in total. The van der Waals surface area contributed by atoms with Gasteiger partial charge in [-0.3, -0.25) is 13.9 Å². The lowest BCUT2D eigenvalue weighted by Crippen LogP contribution is -2.52. The smallest absolute Gasteiger partial charge is 0.264 e. The molecule has 0 spiro atoms. The predicted molar refractivity (Wildman–Crippen MR) is 165 cm³/mol. The first-order valence-electron chi connectivity index (χ1n) is 13.8. The van der Waals surface area contributed by atoms with Gasteiger partial charge in [0.25, 0.3) is 10.0 Å². The molecule has 0 aromatic heterocycles. The number of carbonyl (C=O) groups excluding carboxylic acids is 2. The molecular weight excluding hydrogens is 578 g/mol. The van der Waals surface area contributed by atoms with Crippen molar-refractivity contribution < 1.29 is 27.5 Å². The maximum atomic E-state index is 14.2. The summed E-state index contributed by atoms with van der Waals surface area (Å²) in [6, 6.07) is 18.7. The molecule has 0 aliphatic carbocycles. The topological polar surface area (TPSA) is 105 Å². The fraction of sp³-hybridized carbons (Fsp3) is 0.355. The van der Waals surface area contributed by atoms with Crippen LogP contribution in [0, 0.1) is 0 Å². The van der Waals surface area contributed by atoms with E-state index >= 15 is 0 Å². The molecule has 1 atom stereocenters. The SMILES string of the molecule is CCCCNC(=O)C(CC)N(Cc1ccccc1Cl)C(=O)CN(c1ccc(OC)c(OC)c1)S(=O)(=O)c1ccccc1. The molecule has 1 unspecified atom stereocenters. The van der Waals surface area contributed by atoms with Crippen LogP contribution in [-0.4, -0.2) is 58.5 Å². The van der Waals surface area contributed by atoms with Crippen LogP contribution in [0.4, 0.5) is 5.69 Å². The summed E-state index contributed by atoms with van der Waals surface area (Å²) in [5, 5.41) is 3.35. The molecule has 0 bridgehead atoms. The molecule has 0 fully saturated rings. The van der Waals surface area contributed by atoms with Crippen LogP contribution < -0.4 is 19.1 Å². The maximum absolute atomic E-state index is 14.2. The predicted octanol–water partition coefficient (Wildman–Crippen LogP) is 5.28. The van der Waals surface area contributed by atoms with E-state index in [2.05, 4.69) is 5.32 Å². The quantitative estimate of drug-likeness (QED) is 0.233. The molecule has 0 aliphatic heterocycles. The molecule has 9 nitrogen and oxygen atoms in total. The summed E-state index contributed by atoms with van der Waals surface area (Å²) in [6.45, 7) is 3.75. The van der Waals surface area contributed by atoms with E-state index in [1.54, 1.807) is 54.6 Å². The Kier molecular flexibility index (Phi) is 12.1. The summed E-state index contributed by atoms with van der Waals surface area (Å²) in [5.41, 5.74) is 0.832. The number of anilines is 1. The molecule has 3 aromatic carbocycles. The summed E-state index contributed by atoms with van der Waals surface area (Å²) in [7, 11) is -1.30. The highest BCUT2D eigenvalue weighted by Crippen LogP contribution is 2.34. The van der Waals surface area contributed by atoms with Crippen LogP contribution in [0.15, 0.2) is 77.7 Å². The Labute approximate surface area is 253 Å². The van der Waals surface area contributed by atoms with Gasteiger partial charge in [0, 0.05) is 24.2 Å². The van der Waals surface area contributed by atoms with Gasteiger partial charge in [0.1, 0.15) is 12.6 Å². The lowest BCUT2D eigenvalue weighted by Gasteiger charge is -2.33. The Balaban J connectivity index is 2.09. The van der Waals surface area contributed by atoms with E-state index in [-0.39, 0.29) is 23.0 Å². The second-order valence-electron chi connectivity index (χ2n) is 9.55. The van der Waals surface area contributed by atoms with Crippen molar-refractivity contribution in [2.45, 2.75) is 50.6 Å². The number of halogens is 1. The number of amides is 2. The lowest BCUT2D eigenvalue weighted by atomic mass is 10.1. The fourth-order valence-electron chi connectivity index (χ4n) is 4.46. The summed E-state index contributed by atoms with van der Waals surface area (Å²) in [4.78, 5) is 28.9. The number of unbranched alkanes of at least 4 members (excludes halogenated alkanes) is 1. The molecule has 3 aromatic rings. The van der Waals surface area contributed by atoms with E-state index in [0.29, 0.717) is 35.1 Å². The number of rotatable bonds is 15. The summed E-state index contributed by atoms with van der Waals surface area (Å²) in [6.07, 6.45) is 2.01. The minimum Gasteiger partial charge on any atom is -0.493 e. The van der Waals surface area contributed by atoms with Gasteiger partial charge in [-0.1, -0.05) is 68.3 Å². The van der Waals surface area contributed by atoms with Crippen LogP contribution in [-0.2, 0) is 26.2 Å². The van der Waals surface area contributed by atoms with Gasteiger partial charge in [0.2, 0.25) is 11.8 Å². The average Bonchev–Trinajstić information content (AvgIpc) is 3.00. The van der Waals surface area contributed by atoms with Crippen molar-refractivity contribution in [2.24, 2.45) is 0 Å². The Morgan fingerprint density at radius 1 is 0.929 bits per heavy atom. The normalized spacial score (nSPS) is 11.8. The number of nitrogens with zero attached hydrogens (tertiary/aromatic N) is 2. The number of carbonyl (C=O) groups is 2. The zero-order chi connectivity index (χ0) is 30.7. The molecule has 0 saturated heterocycles. The highest BCUT2D eigenvalue weighted by Gasteiger charge is 2.34. The molecular formula is C31H38ClN3O6S. The summed E-state index contributed by atoms with van der Waals surface area (Å²) in [5.74, 6) is -0.179. The molecule has 0 aliphatic rings. The van der Waals surface area contributed by atoms with Gasteiger partial charge in [-0.2, -0.15) is 0 Å². The van der Waals surface area contributed by atoms with Crippen LogP contribution in [0.2, 0.25) is 5.02 Å². The van der Waals surface area contributed by atoms with Crippen molar-refractivity contribution in [3.05, 3.63) is 83.4 Å². The van der Waals surface area contributed by atoms with E-state index in [0.717, 1.165) is 17.1 Å². The molecule has 0 saturated carbocycles. The molecule has 11 heteroatoms. The van der Waals surface area contributed by atoms with Crippen molar-refractivity contribution in [1.29, 1.82) is 0 Å². The van der Waals surface area contributed by atoms with Crippen LogP contribution in [0.5, 0.6) is 11.5 Å². The van der Waals surface area contributed by atoms with Crippen LogP contribution in [0.3, 0.4) is 0 Å². The third-order valence-corrected chi connectivity index (χ3v) is 8.94. The molecule has 42 heavy (non-hydrogen) atoms. The average molecular weight is 616 g/mol. The molecule has 2 amide bonds. The first kappa shape index (κ1) is 32.8. The van der Waals surface area contributed by atoms with Crippen LogP contribution >= 0.6 is 11.6 Å². The number of sulfonamides is 1. The Morgan fingerprint density at radius 2 is 1.60 bits per heavy atom. The molecule has 3 rings (SSSR count). The van der Waals surface area contributed by atoms with Gasteiger partial charge >= 0.3 is 0 Å². The number of benzene rings is 3. The zero-order valence-corrected chi connectivity index (χ0v) is 26.0. The Bertz CT molecular complexity index is 1450. The minimum atomic E-state index is -4.22. The highest BCUT2D eigenvalue weighted by atomic mass is 35.5. The monoisotopic (exact) mass is 615 g/mol. The van der Waals surface area contributed by atoms with Crippen molar-refractivity contribution in [3.8, 4) is 11.5 Å². The number of ether oxygens (including phenoxy) is 2. The van der Waals surface area contributed by atoms with Gasteiger partial charge < -0.3 is 19.7 Å². The van der Waals surface area contributed by atoms with Gasteiger partial charge in [-0.25, -0.2) is 8.42 Å². The second kappa shape index (κ2) is 15.5. The Hall–Kier alpha value is -3.76. The van der Waals surface area contributed by atoms with Crippen LogP contribution in [0.1, 0.15) is 38.7 Å². The summed E-state index contributed by atoms with van der Waals surface area (Å²) >= 11 is 6.45. The van der Waals surface area contributed by atoms with Crippen molar-refractivity contribution >= 4 is 39.1 Å². The molecule has 0 radical (unpaired) electrons. The zero-order valence-electron chi connectivity index (χ0n) is 24.4. The molecule has 0 heterocycles. The van der Waals surface area contributed by atoms with E-state index in [1.807, 2.05) is 13.8 Å². The van der Waals surface area contributed by atoms with E-state index in [4.69, 9.17) is 21.1 Å². The van der Waals surface area contributed by atoms with Crippen molar-refractivity contribution in [1.82, 2.24) is 10.2 Å². The van der Waals surface area contributed by atoms with Gasteiger partial charge in [0.15, 0.2) is 11.5 Å². The van der Waals surface area contributed by atoms with E-state index in [1.165, 1.54) is 37.3 Å². The largest absolute Gasteiger partial charge is 0.493 e. The van der Waals surface area contributed by atoms with Gasteiger partial charge in [-0.15, -0.1) is 0 Å². The van der Waals surface area contributed by atoms with Crippen LogP contribution in [0.25, 0.3) is 0 Å². The number of methoxy groups -OCH3 is 2. The number of nitrogens with one attached hydrogen (secondary N) is 1. The van der Waals surface area contributed by atoms with Gasteiger partial charge in [-0.05, 0) is 48.7 Å². The third kappa shape index (κ3) is 7.95. The third-order valence-electron chi connectivity index (χ3n) is 6.78. The van der Waals surface area contributed by atoms with E-state index in [9.17, 15) is 18.0 Å². The van der Waals surface area contributed by atoms with Crippen molar-refractivity contribution in [3.63, 3.8) is 0 Å². The molecule has 226 valence electrons. The standard InChI is InChI=1S/C31H38ClN3O6S/c1-5-7-19-33-31(37)27(6-2)34(21-23-13-11-12-16-26(23)32)30(36)22-35(42(38,39)25-14-9-8-10-15-25)24-17-18-28(40-3)29(20-24)41-4/h8-18,20,27H,5-7,19,21-22H2,1-4H3,(H,33,37). The lowest BCUT2D eigenvalue weighted by molar-refractivity contribution is -0.140. The first-order chi connectivity index (χ1) is 20.2. The number of hydrogen-bond donors (Lipinski definition) is 1. The summed E-state index contributed by atoms with van der Waals surface area (Å²) < 4.78 is 39.7. The number of hydrogen-bond acceptors (Lipinski definition) is 6. The maximum Gasteiger partial charge on any atom is 0.264 e. The highest BCUT2D eigenvalue weighted by molar-refractivity contribution is 7.92. The fourth-order valence-corrected chi connectivity index (χ4v) is 6.09.